The second-order valence-corrected chi connectivity index (χ2v) is 13.3. The third-order valence-corrected chi connectivity index (χ3v) is 9.71. The lowest BCUT2D eigenvalue weighted by Crippen LogP contribution is -2.57. The molecule has 2 fully saturated rings. The molecule has 0 N–H and O–H groups in total. The highest BCUT2D eigenvalue weighted by Gasteiger charge is 2.34. The first kappa shape index (κ1) is 31.9. The van der Waals surface area contributed by atoms with Crippen LogP contribution in [-0.2, 0) is 22.6 Å². The number of nitrogens with zero attached hydrogens (tertiary/aromatic N) is 6. The quantitative estimate of drug-likeness (QED) is 0.240. The molecule has 11 nitrogen and oxygen atoms in total. The summed E-state index contributed by atoms with van der Waals surface area (Å²) in [6, 6.07) is 12.8. The van der Waals surface area contributed by atoms with Crippen LogP contribution in [0.5, 0.6) is 5.75 Å². The Bertz CT molecular complexity index is 1790. The number of piperidine rings is 1. The molecule has 6 rings (SSSR count). The zero-order valence-corrected chi connectivity index (χ0v) is 28.2. The standard InChI is InChI=1S/C34H39BrN6O5/c1-21-14-33(43)46-31-16-30(45-4)24(15-28(21)31)7-12-32(42)38-17-22(2)40(23(3)18-38)19-26-20-41(37-36-26)29-6-5-13-39(34(29)44)27-10-8-25(35)9-11-27/h8-11,14-16,20,22-23,29H,5-7,12-13,17-19H2,1-4H3/t22-,23+,29?. The lowest BCUT2D eigenvalue weighted by molar-refractivity contribution is -0.135. The maximum atomic E-state index is 13.4. The molecule has 2 amide bonds. The molecule has 1 unspecified atom stereocenters. The molecule has 242 valence electrons. The first-order valence-electron chi connectivity index (χ1n) is 15.7. The second kappa shape index (κ2) is 13.4. The van der Waals surface area contributed by atoms with Gasteiger partial charge in [0.2, 0.25) is 5.91 Å². The third-order valence-electron chi connectivity index (χ3n) is 9.19. The van der Waals surface area contributed by atoms with E-state index in [2.05, 4.69) is 45.0 Å². The van der Waals surface area contributed by atoms with Gasteiger partial charge in [0.25, 0.3) is 5.91 Å². The number of rotatable bonds is 8. The van der Waals surface area contributed by atoms with Gasteiger partial charge in [-0.2, -0.15) is 0 Å². The number of ether oxygens (including phenoxy) is 1. The summed E-state index contributed by atoms with van der Waals surface area (Å²) < 4.78 is 13.6. The molecule has 3 atom stereocenters. The van der Waals surface area contributed by atoms with Crippen molar-refractivity contribution >= 4 is 44.4 Å². The van der Waals surface area contributed by atoms with Gasteiger partial charge in [0.05, 0.1) is 19.0 Å². The van der Waals surface area contributed by atoms with E-state index in [0.717, 1.165) is 45.2 Å². The van der Waals surface area contributed by atoms with Crippen molar-refractivity contribution in [2.45, 2.75) is 71.1 Å². The minimum atomic E-state index is -0.398. The van der Waals surface area contributed by atoms with E-state index in [0.29, 0.717) is 50.4 Å². The van der Waals surface area contributed by atoms with E-state index in [9.17, 15) is 14.4 Å². The molecule has 4 heterocycles. The Morgan fingerprint density at radius 3 is 2.54 bits per heavy atom. The van der Waals surface area contributed by atoms with E-state index >= 15 is 0 Å². The molecule has 2 aliphatic heterocycles. The van der Waals surface area contributed by atoms with Crippen molar-refractivity contribution in [2.75, 3.05) is 31.6 Å². The normalized spacial score (nSPS) is 20.8. The number of amides is 2. The van der Waals surface area contributed by atoms with Gasteiger partial charge in [-0.25, -0.2) is 9.48 Å². The van der Waals surface area contributed by atoms with E-state index < -0.39 is 5.63 Å². The van der Waals surface area contributed by atoms with Crippen LogP contribution in [0.25, 0.3) is 11.0 Å². The molecular formula is C34H39BrN6O5. The van der Waals surface area contributed by atoms with Gasteiger partial charge in [-0.05, 0) is 81.5 Å². The minimum Gasteiger partial charge on any atom is -0.496 e. The number of hydrogen-bond donors (Lipinski definition) is 0. The number of hydrogen-bond acceptors (Lipinski definition) is 8. The predicted molar refractivity (Wildman–Crippen MR) is 178 cm³/mol. The smallest absolute Gasteiger partial charge is 0.336 e. The number of aromatic nitrogens is 3. The highest BCUT2D eigenvalue weighted by molar-refractivity contribution is 9.10. The Balaban J connectivity index is 1.07. The summed E-state index contributed by atoms with van der Waals surface area (Å²) in [5.74, 6) is 0.723. The van der Waals surface area contributed by atoms with Gasteiger partial charge in [-0.15, -0.1) is 5.10 Å². The third kappa shape index (κ3) is 6.59. The fourth-order valence-corrected chi connectivity index (χ4v) is 7.02. The average Bonchev–Trinajstić information content (AvgIpc) is 3.50. The predicted octanol–water partition coefficient (Wildman–Crippen LogP) is 4.89. The monoisotopic (exact) mass is 690 g/mol. The first-order chi connectivity index (χ1) is 22.1. The highest BCUT2D eigenvalue weighted by Crippen LogP contribution is 2.30. The van der Waals surface area contributed by atoms with Gasteiger partial charge in [0.1, 0.15) is 17.4 Å². The molecule has 4 aromatic rings. The topological polar surface area (TPSA) is 114 Å². The molecule has 0 spiro atoms. The van der Waals surface area contributed by atoms with Crippen molar-refractivity contribution in [2.24, 2.45) is 0 Å². The Hall–Kier alpha value is -4.03. The SMILES string of the molecule is COc1cc2oc(=O)cc(C)c2cc1CCC(=O)N1C[C@@H](C)N(Cc2cn(C3CCCN(c4ccc(Br)cc4)C3=O)nn2)[C@@H](C)C1. The van der Waals surface area contributed by atoms with Gasteiger partial charge in [0, 0.05) is 72.4 Å². The Morgan fingerprint density at radius 1 is 1.09 bits per heavy atom. The maximum Gasteiger partial charge on any atom is 0.336 e. The van der Waals surface area contributed by atoms with Crippen LogP contribution in [0.3, 0.4) is 0 Å². The summed E-state index contributed by atoms with van der Waals surface area (Å²) in [6.45, 7) is 8.63. The van der Waals surface area contributed by atoms with E-state index in [1.165, 1.54) is 6.07 Å². The molecule has 2 aromatic carbocycles. The molecule has 0 bridgehead atoms. The van der Waals surface area contributed by atoms with Crippen molar-refractivity contribution in [3.8, 4) is 5.75 Å². The van der Waals surface area contributed by atoms with Crippen LogP contribution in [0.4, 0.5) is 5.69 Å². The number of halogens is 1. The summed E-state index contributed by atoms with van der Waals surface area (Å²) in [4.78, 5) is 44.8. The largest absolute Gasteiger partial charge is 0.496 e. The van der Waals surface area contributed by atoms with Gasteiger partial charge in [-0.1, -0.05) is 21.1 Å². The molecule has 46 heavy (non-hydrogen) atoms. The molecule has 2 aliphatic rings. The Labute approximate surface area is 276 Å². The van der Waals surface area contributed by atoms with Crippen molar-refractivity contribution in [1.82, 2.24) is 24.8 Å². The lowest BCUT2D eigenvalue weighted by Gasteiger charge is -2.44. The van der Waals surface area contributed by atoms with Crippen LogP contribution in [0, 0.1) is 6.92 Å². The molecular weight excluding hydrogens is 652 g/mol. The first-order valence-corrected chi connectivity index (χ1v) is 16.5. The number of benzene rings is 2. The zero-order chi connectivity index (χ0) is 32.5. The van der Waals surface area contributed by atoms with Crippen LogP contribution >= 0.6 is 15.9 Å². The molecule has 12 heteroatoms. The van der Waals surface area contributed by atoms with Crippen molar-refractivity contribution < 1.29 is 18.7 Å². The van der Waals surface area contributed by atoms with E-state index in [-0.39, 0.29) is 29.9 Å². The number of carbonyl (C=O) groups excluding carboxylic acids is 2. The summed E-state index contributed by atoms with van der Waals surface area (Å²) in [6.07, 6.45) is 4.37. The minimum absolute atomic E-state index is 0.0296. The summed E-state index contributed by atoms with van der Waals surface area (Å²) >= 11 is 3.46. The van der Waals surface area contributed by atoms with Crippen molar-refractivity contribution in [1.29, 1.82) is 0 Å². The molecule has 0 radical (unpaired) electrons. The number of anilines is 1. The van der Waals surface area contributed by atoms with Crippen LogP contribution in [-0.4, -0.2) is 75.4 Å². The summed E-state index contributed by atoms with van der Waals surface area (Å²) in [5.41, 5.74) is 3.50. The molecule has 0 saturated carbocycles. The Kier molecular flexibility index (Phi) is 9.28. The number of aryl methyl sites for hydroxylation is 2. The van der Waals surface area contributed by atoms with Crippen molar-refractivity contribution in [3.05, 3.63) is 80.4 Å². The highest BCUT2D eigenvalue weighted by atomic mass is 79.9. The fraction of sp³-hybridized carbons (Fsp3) is 0.441. The summed E-state index contributed by atoms with van der Waals surface area (Å²) in [7, 11) is 1.58. The van der Waals surface area contributed by atoms with Crippen LogP contribution in [0.1, 0.15) is 56.0 Å². The van der Waals surface area contributed by atoms with Gasteiger partial charge in [-0.3, -0.25) is 14.5 Å². The van der Waals surface area contributed by atoms with E-state index in [1.54, 1.807) is 17.9 Å². The fourth-order valence-electron chi connectivity index (χ4n) is 6.75. The van der Waals surface area contributed by atoms with Gasteiger partial charge < -0.3 is 19.0 Å². The van der Waals surface area contributed by atoms with Gasteiger partial charge >= 0.3 is 5.63 Å². The van der Waals surface area contributed by atoms with Gasteiger partial charge in [0.15, 0.2) is 0 Å². The maximum absolute atomic E-state index is 13.4. The molecule has 2 aromatic heterocycles. The number of carbonyl (C=O) groups is 2. The zero-order valence-electron chi connectivity index (χ0n) is 26.6. The number of fused-ring (bicyclic) bond motifs is 1. The van der Waals surface area contributed by atoms with E-state index in [1.807, 2.05) is 53.3 Å². The van der Waals surface area contributed by atoms with Crippen molar-refractivity contribution in [3.63, 3.8) is 0 Å². The molecule has 2 saturated heterocycles. The Morgan fingerprint density at radius 2 is 1.83 bits per heavy atom. The van der Waals surface area contributed by atoms with Crippen LogP contribution < -0.4 is 15.3 Å². The average molecular weight is 692 g/mol. The van der Waals surface area contributed by atoms with Crippen LogP contribution in [0.15, 0.2) is 62.3 Å². The summed E-state index contributed by atoms with van der Waals surface area (Å²) in [5, 5.41) is 9.66. The number of methoxy groups -OCH3 is 1. The number of piperazine rings is 1. The lowest BCUT2D eigenvalue weighted by atomic mass is 10.0. The van der Waals surface area contributed by atoms with E-state index in [4.69, 9.17) is 9.15 Å². The second-order valence-electron chi connectivity index (χ2n) is 12.4. The molecule has 0 aliphatic carbocycles. The van der Waals surface area contributed by atoms with Crippen LogP contribution in [0.2, 0.25) is 0 Å².